The van der Waals surface area contributed by atoms with E-state index in [0.717, 1.165) is 25.8 Å². The second-order valence-corrected chi connectivity index (χ2v) is 7.29. The van der Waals surface area contributed by atoms with Gasteiger partial charge in [-0.15, -0.1) is 24.0 Å². The number of halogens is 1. The molecule has 28 heavy (non-hydrogen) atoms. The Morgan fingerprint density at radius 1 is 1.29 bits per heavy atom. The Bertz CT molecular complexity index is 600. The number of carbonyl (C=O) groups excluding carboxylic acids is 1. The molecule has 0 saturated carbocycles. The molecule has 1 rings (SSSR count). The van der Waals surface area contributed by atoms with E-state index in [1.54, 1.807) is 6.92 Å². The van der Waals surface area contributed by atoms with Gasteiger partial charge in [-0.3, -0.25) is 0 Å². The van der Waals surface area contributed by atoms with Crippen molar-refractivity contribution < 1.29 is 14.1 Å². The number of carbonyl (C=O) groups is 1. The van der Waals surface area contributed by atoms with Crippen LogP contribution < -0.4 is 16.0 Å². The van der Waals surface area contributed by atoms with E-state index in [2.05, 4.69) is 38.0 Å². The van der Waals surface area contributed by atoms with Crippen LogP contribution in [-0.4, -0.2) is 46.9 Å². The van der Waals surface area contributed by atoms with Crippen molar-refractivity contribution >= 4 is 36.0 Å². The van der Waals surface area contributed by atoms with Crippen LogP contribution in [-0.2, 0) is 11.3 Å². The van der Waals surface area contributed by atoms with Crippen LogP contribution in [0.15, 0.2) is 9.52 Å². The fourth-order valence-corrected chi connectivity index (χ4v) is 2.27. The largest absolute Gasteiger partial charge is 0.444 e. The number of nitrogens with one attached hydrogen (secondary N) is 3. The molecule has 1 amide bonds. The van der Waals surface area contributed by atoms with Crippen molar-refractivity contribution in [2.24, 2.45) is 4.99 Å². The molecule has 0 aliphatic rings. The second kappa shape index (κ2) is 13.6. The maximum absolute atomic E-state index is 11.9. The zero-order valence-corrected chi connectivity index (χ0v) is 20.1. The summed E-state index contributed by atoms with van der Waals surface area (Å²) >= 11 is 0. The lowest BCUT2D eigenvalue weighted by Crippen LogP contribution is -2.49. The monoisotopic (exact) mass is 510 g/mol. The van der Waals surface area contributed by atoms with E-state index in [9.17, 15) is 4.79 Å². The zero-order chi connectivity index (χ0) is 20.3. The second-order valence-electron chi connectivity index (χ2n) is 7.29. The zero-order valence-electron chi connectivity index (χ0n) is 17.8. The molecule has 0 aliphatic carbocycles. The van der Waals surface area contributed by atoms with Gasteiger partial charge in [-0.1, -0.05) is 24.9 Å². The fourth-order valence-electron chi connectivity index (χ4n) is 2.27. The van der Waals surface area contributed by atoms with E-state index in [1.807, 2.05) is 27.7 Å². The smallest absolute Gasteiger partial charge is 0.407 e. The first-order valence-electron chi connectivity index (χ1n) is 9.54. The van der Waals surface area contributed by atoms with Gasteiger partial charge in [0.25, 0.3) is 0 Å². The number of hydrogen-bond donors (Lipinski definition) is 3. The van der Waals surface area contributed by atoms with Crippen LogP contribution in [0.5, 0.6) is 0 Å². The molecule has 0 bridgehead atoms. The molecule has 0 aliphatic heterocycles. The lowest BCUT2D eigenvalue weighted by atomic mass is 10.1. The molecule has 1 aromatic rings. The molecule has 0 spiro atoms. The average Bonchev–Trinajstić information content (AvgIpc) is 2.99. The van der Waals surface area contributed by atoms with E-state index in [-0.39, 0.29) is 30.0 Å². The van der Waals surface area contributed by atoms with Crippen LogP contribution in [0, 0.1) is 6.92 Å². The van der Waals surface area contributed by atoms with E-state index in [1.165, 1.54) is 0 Å². The number of ether oxygens (including phenoxy) is 1. The van der Waals surface area contributed by atoms with Gasteiger partial charge in [0, 0.05) is 26.1 Å². The third-order valence-corrected chi connectivity index (χ3v) is 3.43. The first-order chi connectivity index (χ1) is 12.7. The van der Waals surface area contributed by atoms with Crippen molar-refractivity contribution in [2.45, 2.75) is 79.0 Å². The van der Waals surface area contributed by atoms with Gasteiger partial charge in [-0.25, -0.2) is 9.79 Å². The van der Waals surface area contributed by atoms with Crippen LogP contribution in [0.4, 0.5) is 4.79 Å². The Kier molecular flexibility index (Phi) is 12.8. The Morgan fingerprint density at radius 2 is 2.00 bits per heavy atom. The van der Waals surface area contributed by atoms with Gasteiger partial charge in [0.2, 0.25) is 5.89 Å². The number of hydrogen-bond acceptors (Lipinski definition) is 6. The summed E-state index contributed by atoms with van der Waals surface area (Å²) in [4.78, 5) is 20.6. The van der Waals surface area contributed by atoms with E-state index >= 15 is 0 Å². The van der Waals surface area contributed by atoms with E-state index < -0.39 is 11.7 Å². The van der Waals surface area contributed by atoms with Crippen LogP contribution >= 0.6 is 24.0 Å². The molecule has 0 radical (unpaired) electrons. The number of amides is 1. The Labute approximate surface area is 184 Å². The number of guanidine groups is 1. The Balaban J connectivity index is 0.00000729. The number of aliphatic imine (C=N–C) groups is 1. The molecule has 9 nitrogen and oxygen atoms in total. The summed E-state index contributed by atoms with van der Waals surface area (Å²) in [6.45, 7) is 12.9. The topological polar surface area (TPSA) is 114 Å². The van der Waals surface area contributed by atoms with Gasteiger partial charge in [0.15, 0.2) is 11.8 Å². The van der Waals surface area contributed by atoms with Crippen molar-refractivity contribution in [2.75, 3.05) is 13.1 Å². The van der Waals surface area contributed by atoms with Crippen LogP contribution in [0.25, 0.3) is 0 Å². The number of alkyl carbamates (subject to hydrolysis) is 1. The molecule has 0 saturated heterocycles. The highest BCUT2D eigenvalue weighted by atomic mass is 127. The molecule has 1 aromatic heterocycles. The van der Waals surface area contributed by atoms with Crippen LogP contribution in [0.1, 0.15) is 65.6 Å². The number of unbranched alkanes of at least 4 members (excludes halogenated alkanes) is 1. The van der Waals surface area contributed by atoms with Crippen molar-refractivity contribution in [1.29, 1.82) is 0 Å². The van der Waals surface area contributed by atoms with Crippen molar-refractivity contribution in [3.8, 4) is 0 Å². The highest BCUT2D eigenvalue weighted by Gasteiger charge is 2.18. The minimum absolute atomic E-state index is 0. The number of aryl methyl sites for hydroxylation is 1. The molecule has 1 heterocycles. The molecule has 0 fully saturated rings. The maximum atomic E-state index is 11.9. The number of rotatable bonds is 9. The normalized spacial score (nSPS) is 12.7. The quantitative estimate of drug-likeness (QED) is 0.266. The number of nitrogens with zero attached hydrogens (tertiary/aromatic N) is 3. The summed E-state index contributed by atoms with van der Waals surface area (Å²) in [5.41, 5.74) is -0.518. The number of aromatic nitrogens is 2. The van der Waals surface area contributed by atoms with Crippen LogP contribution in [0.3, 0.4) is 0 Å². The molecular formula is C18H35IN6O3. The maximum Gasteiger partial charge on any atom is 0.407 e. The SMILES string of the molecule is CCCCC(CNC(=O)OC(C)(C)C)NC(=NCc1noc(C)n1)NCC.I. The molecule has 162 valence electrons. The van der Waals surface area contributed by atoms with Gasteiger partial charge in [0.1, 0.15) is 12.1 Å². The molecule has 1 atom stereocenters. The minimum Gasteiger partial charge on any atom is -0.444 e. The highest BCUT2D eigenvalue weighted by molar-refractivity contribution is 14.0. The standard InChI is InChI=1S/C18H34N6O3.HI/c1-7-9-10-14(11-21-17(25)26-18(4,5)6)23-16(19-8-2)20-12-15-22-13(3)27-24-15;/h14H,7-12H2,1-6H3,(H,21,25)(H2,19,20,23);1H. The van der Waals surface area contributed by atoms with Crippen molar-refractivity contribution in [1.82, 2.24) is 26.1 Å². The lowest BCUT2D eigenvalue weighted by Gasteiger charge is -2.24. The van der Waals surface area contributed by atoms with Crippen molar-refractivity contribution in [3.05, 3.63) is 11.7 Å². The van der Waals surface area contributed by atoms with Gasteiger partial charge in [-0.05, 0) is 34.1 Å². The predicted molar refractivity (Wildman–Crippen MR) is 120 cm³/mol. The Morgan fingerprint density at radius 3 is 2.54 bits per heavy atom. The highest BCUT2D eigenvalue weighted by Crippen LogP contribution is 2.07. The van der Waals surface area contributed by atoms with E-state index in [0.29, 0.717) is 30.8 Å². The molecule has 10 heteroatoms. The summed E-state index contributed by atoms with van der Waals surface area (Å²) in [5.74, 6) is 1.69. The van der Waals surface area contributed by atoms with Gasteiger partial charge in [-0.2, -0.15) is 4.98 Å². The summed E-state index contributed by atoms with van der Waals surface area (Å²) in [5, 5.41) is 13.2. The van der Waals surface area contributed by atoms with Crippen molar-refractivity contribution in [3.63, 3.8) is 0 Å². The Hall–Kier alpha value is -1.59. The molecule has 0 aromatic carbocycles. The third kappa shape index (κ3) is 12.0. The molecular weight excluding hydrogens is 475 g/mol. The predicted octanol–water partition coefficient (Wildman–Crippen LogP) is 3.13. The minimum atomic E-state index is -0.518. The third-order valence-electron chi connectivity index (χ3n) is 3.43. The summed E-state index contributed by atoms with van der Waals surface area (Å²) in [6, 6.07) is 0.0299. The summed E-state index contributed by atoms with van der Waals surface area (Å²) in [7, 11) is 0. The first kappa shape index (κ1) is 26.4. The lowest BCUT2D eigenvalue weighted by molar-refractivity contribution is 0.0522. The first-order valence-corrected chi connectivity index (χ1v) is 9.54. The fraction of sp³-hybridized carbons (Fsp3) is 0.778. The van der Waals surface area contributed by atoms with Gasteiger partial charge < -0.3 is 25.2 Å². The average molecular weight is 510 g/mol. The van der Waals surface area contributed by atoms with E-state index in [4.69, 9.17) is 9.26 Å². The summed E-state index contributed by atoms with van der Waals surface area (Å²) < 4.78 is 10.3. The van der Waals surface area contributed by atoms with Crippen LogP contribution in [0.2, 0.25) is 0 Å². The molecule has 1 unspecified atom stereocenters. The van der Waals surface area contributed by atoms with Gasteiger partial charge >= 0.3 is 6.09 Å². The molecule has 3 N–H and O–H groups in total. The summed E-state index contributed by atoms with van der Waals surface area (Å²) in [6.07, 6.45) is 2.59. The van der Waals surface area contributed by atoms with Gasteiger partial charge in [0.05, 0.1) is 0 Å².